The molecule has 0 aliphatic carbocycles. The van der Waals surface area contributed by atoms with Crippen molar-refractivity contribution >= 4 is 28.3 Å². The summed E-state index contributed by atoms with van der Waals surface area (Å²) in [5.41, 5.74) is 2.58. The van der Waals surface area contributed by atoms with Crippen LogP contribution >= 0.6 is 11.3 Å². The average Bonchev–Trinajstić information content (AvgIpc) is 3.24. The highest BCUT2D eigenvalue weighted by Gasteiger charge is 2.18. The van der Waals surface area contributed by atoms with Crippen molar-refractivity contribution in [2.24, 2.45) is 0 Å². The Kier molecular flexibility index (Phi) is 5.18. The topological polar surface area (TPSA) is 92.4 Å². The highest BCUT2D eigenvalue weighted by Crippen LogP contribution is 2.32. The van der Waals surface area contributed by atoms with Gasteiger partial charge in [0.1, 0.15) is 0 Å². The predicted octanol–water partition coefficient (Wildman–Crippen LogP) is 4.41. The minimum Gasteiger partial charge on any atom is -0.481 e. The molecule has 2 aromatic heterocycles. The second kappa shape index (κ2) is 7.53. The molecule has 7 heteroatoms. The van der Waals surface area contributed by atoms with Crippen LogP contribution in [-0.4, -0.2) is 22.0 Å². The minimum absolute atomic E-state index is 0.157. The summed E-state index contributed by atoms with van der Waals surface area (Å²) in [7, 11) is 0. The molecule has 0 saturated heterocycles. The molecule has 3 rings (SSSR count). The molecule has 6 nitrogen and oxygen atoms in total. The SMILES string of the molecule is CC(C)c1ccc(-c2nc(NC(=O)c3ccco3)sc2CC(=O)O)cc1. The Labute approximate surface area is 154 Å². The van der Waals surface area contributed by atoms with Gasteiger partial charge in [0, 0.05) is 10.4 Å². The first-order valence-electron chi connectivity index (χ1n) is 8.10. The fourth-order valence-corrected chi connectivity index (χ4v) is 3.45. The summed E-state index contributed by atoms with van der Waals surface area (Å²) in [5, 5.41) is 12.2. The summed E-state index contributed by atoms with van der Waals surface area (Å²) in [6.07, 6.45) is 1.25. The van der Waals surface area contributed by atoms with Crippen molar-refractivity contribution in [3.8, 4) is 11.3 Å². The molecule has 0 aliphatic rings. The van der Waals surface area contributed by atoms with Crippen molar-refractivity contribution in [3.05, 3.63) is 58.9 Å². The van der Waals surface area contributed by atoms with Gasteiger partial charge in [0.05, 0.1) is 18.4 Å². The van der Waals surface area contributed by atoms with E-state index in [1.54, 1.807) is 12.1 Å². The zero-order valence-electron chi connectivity index (χ0n) is 14.4. The normalized spacial score (nSPS) is 10.9. The largest absolute Gasteiger partial charge is 0.481 e. The number of rotatable bonds is 6. The highest BCUT2D eigenvalue weighted by atomic mass is 32.1. The molecule has 26 heavy (non-hydrogen) atoms. The standard InChI is InChI=1S/C19H18N2O4S/c1-11(2)12-5-7-13(8-6-12)17-15(10-16(22)23)26-19(20-17)21-18(24)14-4-3-9-25-14/h3-9,11H,10H2,1-2H3,(H,22,23)(H,20,21,24). The summed E-state index contributed by atoms with van der Waals surface area (Å²) in [4.78, 5) is 28.3. The Morgan fingerprint density at radius 3 is 2.54 bits per heavy atom. The van der Waals surface area contributed by atoms with E-state index in [9.17, 15) is 14.7 Å². The lowest BCUT2D eigenvalue weighted by molar-refractivity contribution is -0.136. The molecular weight excluding hydrogens is 352 g/mol. The van der Waals surface area contributed by atoms with Crippen molar-refractivity contribution in [2.75, 3.05) is 5.32 Å². The first kappa shape index (κ1) is 17.9. The molecule has 3 aromatic rings. The van der Waals surface area contributed by atoms with Crippen LogP contribution in [0.5, 0.6) is 0 Å². The number of nitrogens with one attached hydrogen (secondary N) is 1. The van der Waals surface area contributed by atoms with E-state index in [1.807, 2.05) is 24.3 Å². The molecule has 0 radical (unpaired) electrons. The third kappa shape index (κ3) is 4.00. The van der Waals surface area contributed by atoms with Crippen molar-refractivity contribution in [3.63, 3.8) is 0 Å². The monoisotopic (exact) mass is 370 g/mol. The van der Waals surface area contributed by atoms with Crippen LogP contribution in [0, 0.1) is 0 Å². The van der Waals surface area contributed by atoms with Crippen LogP contribution < -0.4 is 5.32 Å². The van der Waals surface area contributed by atoms with Gasteiger partial charge in [-0.15, -0.1) is 11.3 Å². The first-order chi connectivity index (χ1) is 12.4. The van der Waals surface area contributed by atoms with Gasteiger partial charge in [-0.25, -0.2) is 4.98 Å². The van der Waals surface area contributed by atoms with E-state index in [2.05, 4.69) is 24.1 Å². The quantitative estimate of drug-likeness (QED) is 0.671. The van der Waals surface area contributed by atoms with Gasteiger partial charge in [0.25, 0.3) is 5.91 Å². The summed E-state index contributed by atoms with van der Waals surface area (Å²) < 4.78 is 5.06. The van der Waals surface area contributed by atoms with Crippen LogP contribution in [0.4, 0.5) is 5.13 Å². The molecule has 0 atom stereocenters. The van der Waals surface area contributed by atoms with Gasteiger partial charge in [-0.1, -0.05) is 38.1 Å². The number of carboxylic acid groups (broad SMARTS) is 1. The number of nitrogens with zero attached hydrogens (tertiary/aromatic N) is 1. The van der Waals surface area contributed by atoms with Gasteiger partial charge in [0.15, 0.2) is 10.9 Å². The van der Waals surface area contributed by atoms with Gasteiger partial charge in [-0.05, 0) is 23.6 Å². The number of aliphatic carboxylic acids is 1. The van der Waals surface area contributed by atoms with E-state index in [1.165, 1.54) is 11.8 Å². The molecule has 1 aromatic carbocycles. The lowest BCUT2D eigenvalue weighted by Crippen LogP contribution is -2.10. The molecule has 2 heterocycles. The zero-order valence-corrected chi connectivity index (χ0v) is 15.2. The molecule has 0 unspecified atom stereocenters. The molecule has 1 amide bonds. The molecule has 0 bridgehead atoms. The highest BCUT2D eigenvalue weighted by molar-refractivity contribution is 7.16. The van der Waals surface area contributed by atoms with Crippen LogP contribution in [0.3, 0.4) is 0 Å². The Bertz CT molecular complexity index is 912. The van der Waals surface area contributed by atoms with Crippen LogP contribution in [0.15, 0.2) is 47.1 Å². The summed E-state index contributed by atoms with van der Waals surface area (Å²) >= 11 is 1.15. The summed E-state index contributed by atoms with van der Waals surface area (Å²) in [6.45, 7) is 4.21. The lowest BCUT2D eigenvalue weighted by atomic mass is 10.0. The van der Waals surface area contributed by atoms with E-state index < -0.39 is 11.9 Å². The number of amides is 1. The van der Waals surface area contributed by atoms with Gasteiger partial charge < -0.3 is 9.52 Å². The zero-order chi connectivity index (χ0) is 18.7. The third-order valence-electron chi connectivity index (χ3n) is 3.83. The number of thiazole rings is 1. The van der Waals surface area contributed by atoms with Crippen molar-refractivity contribution < 1.29 is 19.1 Å². The van der Waals surface area contributed by atoms with Gasteiger partial charge in [-0.2, -0.15) is 0 Å². The van der Waals surface area contributed by atoms with Crippen LogP contribution in [0.1, 0.15) is 40.8 Å². The van der Waals surface area contributed by atoms with Gasteiger partial charge in [0.2, 0.25) is 0 Å². The average molecular weight is 370 g/mol. The molecule has 2 N–H and O–H groups in total. The van der Waals surface area contributed by atoms with Crippen LogP contribution in [0.25, 0.3) is 11.3 Å². The number of hydrogen-bond donors (Lipinski definition) is 2. The maximum absolute atomic E-state index is 12.1. The maximum Gasteiger partial charge on any atom is 0.308 e. The molecule has 0 aliphatic heterocycles. The van der Waals surface area contributed by atoms with Gasteiger partial charge in [-0.3, -0.25) is 14.9 Å². The number of carbonyl (C=O) groups excluding carboxylic acids is 1. The number of benzene rings is 1. The second-order valence-electron chi connectivity index (χ2n) is 6.07. The van der Waals surface area contributed by atoms with Crippen molar-refractivity contribution in [1.29, 1.82) is 0 Å². The fraction of sp³-hybridized carbons (Fsp3) is 0.211. The van der Waals surface area contributed by atoms with E-state index >= 15 is 0 Å². The van der Waals surface area contributed by atoms with E-state index in [0.29, 0.717) is 21.6 Å². The number of hydrogen-bond acceptors (Lipinski definition) is 5. The van der Waals surface area contributed by atoms with Crippen molar-refractivity contribution in [2.45, 2.75) is 26.2 Å². The number of carbonyl (C=O) groups is 2. The van der Waals surface area contributed by atoms with Crippen LogP contribution in [-0.2, 0) is 11.2 Å². The number of carboxylic acids is 1. The fourth-order valence-electron chi connectivity index (χ4n) is 2.48. The van der Waals surface area contributed by atoms with E-state index in [0.717, 1.165) is 16.9 Å². The van der Waals surface area contributed by atoms with Crippen LogP contribution in [0.2, 0.25) is 0 Å². The molecule has 0 saturated carbocycles. The molecule has 134 valence electrons. The van der Waals surface area contributed by atoms with Crippen molar-refractivity contribution in [1.82, 2.24) is 4.98 Å². The van der Waals surface area contributed by atoms with Gasteiger partial charge >= 0.3 is 5.97 Å². The third-order valence-corrected chi connectivity index (χ3v) is 4.80. The summed E-state index contributed by atoms with van der Waals surface area (Å²) in [5.74, 6) is -0.797. The Hall–Kier alpha value is -2.93. The Balaban J connectivity index is 1.91. The first-order valence-corrected chi connectivity index (χ1v) is 8.92. The number of aromatic nitrogens is 1. The number of furan rings is 1. The molecular formula is C19H18N2O4S. The van der Waals surface area contributed by atoms with E-state index in [-0.39, 0.29) is 12.2 Å². The molecule has 0 fully saturated rings. The Morgan fingerprint density at radius 1 is 1.23 bits per heavy atom. The minimum atomic E-state index is -0.947. The Morgan fingerprint density at radius 2 is 1.96 bits per heavy atom. The second-order valence-corrected chi connectivity index (χ2v) is 7.15. The predicted molar refractivity (Wildman–Crippen MR) is 99.6 cm³/mol. The smallest absolute Gasteiger partial charge is 0.308 e. The molecule has 0 spiro atoms. The number of anilines is 1. The summed E-state index contributed by atoms with van der Waals surface area (Å²) in [6, 6.07) is 11.0. The van der Waals surface area contributed by atoms with E-state index in [4.69, 9.17) is 4.42 Å². The maximum atomic E-state index is 12.1. The lowest BCUT2D eigenvalue weighted by Gasteiger charge is -2.06.